The van der Waals surface area contributed by atoms with Gasteiger partial charge in [0.2, 0.25) is 0 Å². The van der Waals surface area contributed by atoms with Crippen molar-refractivity contribution in [1.29, 1.82) is 0 Å². The fourth-order valence-electron chi connectivity index (χ4n) is 4.64. The number of para-hydroxylation sites is 3. The van der Waals surface area contributed by atoms with Crippen molar-refractivity contribution in [2.24, 2.45) is 4.99 Å². The molecule has 6 rings (SSSR count). The number of aromatic amines is 1. The Balaban J connectivity index is 1.65. The molecule has 32 heavy (non-hydrogen) atoms. The fourth-order valence-corrected chi connectivity index (χ4v) is 4.64. The van der Waals surface area contributed by atoms with E-state index < -0.39 is 0 Å². The van der Waals surface area contributed by atoms with Crippen molar-refractivity contribution < 1.29 is 0 Å². The first kappa shape index (κ1) is 18.6. The molecule has 0 radical (unpaired) electrons. The van der Waals surface area contributed by atoms with Gasteiger partial charge >= 0.3 is 0 Å². The Morgan fingerprint density at radius 1 is 0.719 bits per heavy atom. The lowest BCUT2D eigenvalue weighted by molar-refractivity contribution is 0.831. The minimum Gasteiger partial charge on any atom is -0.361 e. The molecule has 0 fully saturated rings. The lowest BCUT2D eigenvalue weighted by Gasteiger charge is -2.38. The predicted octanol–water partition coefficient (Wildman–Crippen LogP) is 7.16. The van der Waals surface area contributed by atoms with Crippen LogP contribution in [0.2, 0.25) is 0 Å². The molecular formula is C29H23N3. The number of aliphatic imine (C=N–C) groups is 1. The molecule has 3 heteroatoms. The average Bonchev–Trinajstić information content (AvgIpc) is 3.28. The van der Waals surface area contributed by atoms with Gasteiger partial charge in [-0.1, -0.05) is 84.4 Å². The van der Waals surface area contributed by atoms with Crippen LogP contribution in [0.4, 0.5) is 11.4 Å². The Morgan fingerprint density at radius 3 is 2.28 bits per heavy atom. The normalized spacial score (nSPS) is 15.5. The number of nitrogens with zero attached hydrogens (tertiary/aromatic N) is 2. The Kier molecular flexibility index (Phi) is 4.39. The van der Waals surface area contributed by atoms with E-state index in [0.29, 0.717) is 0 Å². The molecule has 1 N–H and O–H groups in total. The van der Waals surface area contributed by atoms with Gasteiger partial charge in [0.25, 0.3) is 0 Å². The number of aromatic nitrogens is 1. The standard InChI is InChI=1S/C29H23N3/c1-20-15-17-21(18-16-20)29-31-27-14-8-6-12-24(27)28(32(29)22-9-3-2-4-10-22)25-19-30-26-13-7-5-11-23(25)26/h2-19,28,30H,1H3. The third-order valence-corrected chi connectivity index (χ3v) is 6.20. The Labute approximate surface area is 187 Å². The van der Waals surface area contributed by atoms with Gasteiger partial charge in [0.1, 0.15) is 5.84 Å². The van der Waals surface area contributed by atoms with Crippen molar-refractivity contribution in [2.75, 3.05) is 4.90 Å². The van der Waals surface area contributed by atoms with Gasteiger partial charge in [0.15, 0.2) is 0 Å². The highest BCUT2D eigenvalue weighted by atomic mass is 15.2. The number of hydrogen-bond acceptors (Lipinski definition) is 2. The second kappa shape index (κ2) is 7.54. The number of benzene rings is 4. The maximum Gasteiger partial charge on any atom is 0.141 e. The highest BCUT2D eigenvalue weighted by Crippen LogP contribution is 2.44. The average molecular weight is 414 g/mol. The number of rotatable bonds is 3. The molecule has 3 nitrogen and oxygen atoms in total. The first-order chi connectivity index (χ1) is 15.8. The highest BCUT2D eigenvalue weighted by Gasteiger charge is 2.34. The van der Waals surface area contributed by atoms with Gasteiger partial charge in [0.05, 0.1) is 11.7 Å². The number of anilines is 1. The molecule has 2 heterocycles. The molecule has 1 atom stereocenters. The van der Waals surface area contributed by atoms with E-state index in [9.17, 15) is 0 Å². The third-order valence-electron chi connectivity index (χ3n) is 6.20. The predicted molar refractivity (Wildman–Crippen MR) is 133 cm³/mol. The molecule has 1 aliphatic rings. The molecule has 0 aliphatic carbocycles. The molecule has 0 saturated heterocycles. The zero-order valence-corrected chi connectivity index (χ0v) is 17.9. The van der Waals surface area contributed by atoms with Crippen molar-refractivity contribution in [3.63, 3.8) is 0 Å². The summed E-state index contributed by atoms with van der Waals surface area (Å²) in [5, 5.41) is 1.23. The molecule has 4 aromatic carbocycles. The number of hydrogen-bond donors (Lipinski definition) is 1. The Bertz CT molecular complexity index is 1430. The van der Waals surface area contributed by atoms with Crippen LogP contribution in [0.1, 0.15) is 28.3 Å². The minimum atomic E-state index is -0.00134. The first-order valence-electron chi connectivity index (χ1n) is 10.9. The second-order valence-electron chi connectivity index (χ2n) is 8.26. The summed E-state index contributed by atoms with van der Waals surface area (Å²) < 4.78 is 0. The maximum atomic E-state index is 5.18. The lowest BCUT2D eigenvalue weighted by Crippen LogP contribution is -2.38. The van der Waals surface area contributed by atoms with E-state index in [4.69, 9.17) is 4.99 Å². The van der Waals surface area contributed by atoms with Crippen molar-refractivity contribution in [3.8, 4) is 0 Å². The largest absolute Gasteiger partial charge is 0.361 e. The van der Waals surface area contributed by atoms with E-state index in [1.807, 2.05) is 0 Å². The van der Waals surface area contributed by atoms with Crippen LogP contribution in [-0.4, -0.2) is 10.8 Å². The molecule has 0 saturated carbocycles. The summed E-state index contributed by atoms with van der Waals surface area (Å²) in [5.41, 5.74) is 8.09. The van der Waals surface area contributed by atoms with Crippen molar-refractivity contribution >= 4 is 28.1 Å². The highest BCUT2D eigenvalue weighted by molar-refractivity contribution is 6.13. The molecule has 0 bridgehead atoms. The van der Waals surface area contributed by atoms with E-state index in [0.717, 1.165) is 28.3 Å². The molecule has 5 aromatic rings. The quantitative estimate of drug-likeness (QED) is 0.334. The second-order valence-corrected chi connectivity index (χ2v) is 8.26. The van der Waals surface area contributed by atoms with Crippen LogP contribution in [0, 0.1) is 6.92 Å². The third kappa shape index (κ3) is 3.02. The summed E-state index contributed by atoms with van der Waals surface area (Å²) in [4.78, 5) is 11.0. The molecule has 1 aromatic heterocycles. The molecule has 154 valence electrons. The van der Waals surface area contributed by atoms with Gasteiger partial charge < -0.3 is 9.88 Å². The molecule has 1 unspecified atom stereocenters. The van der Waals surface area contributed by atoms with Crippen LogP contribution in [-0.2, 0) is 0 Å². The monoisotopic (exact) mass is 413 g/mol. The number of fused-ring (bicyclic) bond motifs is 2. The summed E-state index contributed by atoms with van der Waals surface area (Å²) in [6, 6.07) is 36.2. The van der Waals surface area contributed by atoms with Crippen LogP contribution in [0.3, 0.4) is 0 Å². The Morgan fingerprint density at radius 2 is 1.44 bits per heavy atom. The van der Waals surface area contributed by atoms with E-state index in [2.05, 4.69) is 126 Å². The topological polar surface area (TPSA) is 31.4 Å². The van der Waals surface area contributed by atoms with Crippen LogP contribution in [0.25, 0.3) is 10.9 Å². The van der Waals surface area contributed by atoms with Gasteiger partial charge in [-0.3, -0.25) is 0 Å². The summed E-state index contributed by atoms with van der Waals surface area (Å²) in [7, 11) is 0. The number of H-pyrrole nitrogens is 1. The summed E-state index contributed by atoms with van der Waals surface area (Å²) in [5.74, 6) is 0.963. The van der Waals surface area contributed by atoms with Gasteiger partial charge in [-0.25, -0.2) is 4.99 Å². The zero-order chi connectivity index (χ0) is 21.5. The van der Waals surface area contributed by atoms with E-state index in [-0.39, 0.29) is 6.04 Å². The molecule has 0 amide bonds. The summed E-state index contributed by atoms with van der Waals surface area (Å²) in [6.07, 6.45) is 2.15. The van der Waals surface area contributed by atoms with Crippen LogP contribution in [0.15, 0.2) is 114 Å². The number of nitrogens with one attached hydrogen (secondary N) is 1. The number of aryl methyl sites for hydroxylation is 1. The molecular weight excluding hydrogens is 390 g/mol. The smallest absolute Gasteiger partial charge is 0.141 e. The number of amidine groups is 1. The van der Waals surface area contributed by atoms with Crippen LogP contribution in [0.5, 0.6) is 0 Å². The van der Waals surface area contributed by atoms with Gasteiger partial charge in [-0.15, -0.1) is 0 Å². The van der Waals surface area contributed by atoms with Crippen LogP contribution < -0.4 is 4.90 Å². The maximum absolute atomic E-state index is 5.18. The Hall–Kier alpha value is -4.11. The lowest BCUT2D eigenvalue weighted by atomic mass is 9.92. The first-order valence-corrected chi connectivity index (χ1v) is 10.9. The fraction of sp³-hybridized carbons (Fsp3) is 0.0690. The zero-order valence-electron chi connectivity index (χ0n) is 17.9. The molecule has 1 aliphatic heterocycles. The minimum absolute atomic E-state index is 0.00134. The summed E-state index contributed by atoms with van der Waals surface area (Å²) >= 11 is 0. The van der Waals surface area contributed by atoms with Crippen molar-refractivity contribution in [1.82, 2.24) is 4.98 Å². The SMILES string of the molecule is Cc1ccc(C2=Nc3ccccc3C(c3c[nH]c4ccccc34)N2c2ccccc2)cc1. The van der Waals surface area contributed by atoms with Gasteiger partial charge in [-0.2, -0.15) is 0 Å². The van der Waals surface area contributed by atoms with Crippen molar-refractivity contribution in [3.05, 3.63) is 132 Å². The summed E-state index contributed by atoms with van der Waals surface area (Å²) in [6.45, 7) is 2.12. The van der Waals surface area contributed by atoms with Crippen LogP contribution >= 0.6 is 0 Å². The van der Waals surface area contributed by atoms with E-state index in [1.165, 1.54) is 22.1 Å². The molecule has 0 spiro atoms. The van der Waals surface area contributed by atoms with E-state index >= 15 is 0 Å². The van der Waals surface area contributed by atoms with Crippen molar-refractivity contribution in [2.45, 2.75) is 13.0 Å². The van der Waals surface area contributed by atoms with E-state index in [1.54, 1.807) is 0 Å². The van der Waals surface area contributed by atoms with Gasteiger partial charge in [0, 0.05) is 39.5 Å². The van der Waals surface area contributed by atoms with Gasteiger partial charge in [-0.05, 0) is 31.2 Å².